The molecule has 0 bridgehead atoms. The van der Waals surface area contributed by atoms with E-state index < -0.39 is 6.04 Å². The van der Waals surface area contributed by atoms with Gasteiger partial charge in [-0.25, -0.2) is 0 Å². The van der Waals surface area contributed by atoms with E-state index in [9.17, 15) is 9.59 Å². The van der Waals surface area contributed by atoms with E-state index >= 15 is 0 Å². The van der Waals surface area contributed by atoms with Crippen LogP contribution in [-0.4, -0.2) is 35.3 Å². The average molecular weight is 286 g/mol. The molecule has 2 aliphatic rings. The fourth-order valence-corrected chi connectivity index (χ4v) is 3.08. The molecule has 1 heterocycles. The van der Waals surface area contributed by atoms with Crippen molar-refractivity contribution in [3.63, 3.8) is 0 Å². The van der Waals surface area contributed by atoms with Gasteiger partial charge in [0.2, 0.25) is 11.8 Å². The first-order valence-corrected chi connectivity index (χ1v) is 7.80. The summed E-state index contributed by atoms with van der Waals surface area (Å²) in [5, 5.41) is 2.87. The zero-order chi connectivity index (χ0) is 14.8. The first-order valence-electron chi connectivity index (χ1n) is 7.80. The maximum atomic E-state index is 12.7. The van der Waals surface area contributed by atoms with Crippen LogP contribution in [0, 0.1) is 5.92 Å². The first-order chi connectivity index (χ1) is 10.1. The summed E-state index contributed by atoms with van der Waals surface area (Å²) in [6.45, 7) is 2.56. The number of rotatable bonds is 4. The van der Waals surface area contributed by atoms with Gasteiger partial charge in [-0.2, -0.15) is 0 Å². The Kier molecular flexibility index (Phi) is 3.95. The Morgan fingerprint density at radius 3 is 2.52 bits per heavy atom. The summed E-state index contributed by atoms with van der Waals surface area (Å²) in [4.78, 5) is 26.6. The van der Waals surface area contributed by atoms with Crippen LogP contribution in [0.3, 0.4) is 0 Å². The molecular formula is C17H22N2O2. The van der Waals surface area contributed by atoms with Crippen LogP contribution >= 0.6 is 0 Å². The van der Waals surface area contributed by atoms with Gasteiger partial charge in [-0.05, 0) is 31.2 Å². The maximum absolute atomic E-state index is 12.7. The summed E-state index contributed by atoms with van der Waals surface area (Å²) >= 11 is 0. The predicted molar refractivity (Wildman–Crippen MR) is 80.6 cm³/mol. The monoisotopic (exact) mass is 286 g/mol. The molecule has 1 N–H and O–H groups in total. The van der Waals surface area contributed by atoms with E-state index in [0.717, 1.165) is 12.1 Å². The number of nitrogens with zero attached hydrogens (tertiary/aromatic N) is 1. The fraction of sp³-hybridized carbons (Fsp3) is 0.529. The Morgan fingerprint density at radius 1 is 1.19 bits per heavy atom. The topological polar surface area (TPSA) is 49.4 Å². The minimum Gasteiger partial charge on any atom is -0.342 e. The maximum Gasteiger partial charge on any atom is 0.246 e. The van der Waals surface area contributed by atoms with Crippen LogP contribution in [0.1, 0.15) is 31.7 Å². The molecule has 4 heteroatoms. The van der Waals surface area contributed by atoms with Gasteiger partial charge in [0.25, 0.3) is 0 Å². The fourth-order valence-electron chi connectivity index (χ4n) is 3.08. The third-order valence-electron chi connectivity index (χ3n) is 4.71. The van der Waals surface area contributed by atoms with Crippen LogP contribution < -0.4 is 5.32 Å². The zero-order valence-electron chi connectivity index (χ0n) is 12.4. The summed E-state index contributed by atoms with van der Waals surface area (Å²) < 4.78 is 0. The Morgan fingerprint density at radius 2 is 1.90 bits per heavy atom. The van der Waals surface area contributed by atoms with E-state index in [2.05, 4.69) is 5.32 Å². The largest absolute Gasteiger partial charge is 0.342 e. The Hall–Kier alpha value is -1.84. The number of amides is 2. The van der Waals surface area contributed by atoms with E-state index in [-0.39, 0.29) is 17.9 Å². The van der Waals surface area contributed by atoms with Gasteiger partial charge >= 0.3 is 0 Å². The van der Waals surface area contributed by atoms with Gasteiger partial charge in [-0.1, -0.05) is 36.8 Å². The number of nitrogens with one attached hydrogen (secondary N) is 1. The Labute approximate surface area is 125 Å². The molecule has 2 fully saturated rings. The minimum absolute atomic E-state index is 0.0325. The minimum atomic E-state index is -0.420. The molecule has 0 aromatic heterocycles. The van der Waals surface area contributed by atoms with Crippen molar-refractivity contribution >= 4 is 11.8 Å². The predicted octanol–water partition coefficient (Wildman–Crippen LogP) is 1.74. The molecule has 2 atom stereocenters. The van der Waals surface area contributed by atoms with Crippen LogP contribution in [-0.2, 0) is 16.0 Å². The second kappa shape index (κ2) is 5.88. The molecule has 2 unspecified atom stereocenters. The molecule has 21 heavy (non-hydrogen) atoms. The second-order valence-corrected chi connectivity index (χ2v) is 6.21. The van der Waals surface area contributed by atoms with Gasteiger partial charge in [0.15, 0.2) is 0 Å². The molecule has 112 valence electrons. The van der Waals surface area contributed by atoms with Crippen LogP contribution in [0.4, 0.5) is 0 Å². The molecule has 1 aromatic carbocycles. The van der Waals surface area contributed by atoms with Crippen LogP contribution in [0.25, 0.3) is 0 Å². The molecule has 1 saturated carbocycles. The van der Waals surface area contributed by atoms with E-state index in [4.69, 9.17) is 0 Å². The highest BCUT2D eigenvalue weighted by Gasteiger charge is 2.39. The highest BCUT2D eigenvalue weighted by atomic mass is 16.2. The molecule has 3 rings (SSSR count). The highest BCUT2D eigenvalue weighted by Crippen LogP contribution is 2.28. The van der Waals surface area contributed by atoms with Gasteiger partial charge in [0.05, 0.1) is 0 Å². The lowest BCUT2D eigenvalue weighted by atomic mass is 9.84. The van der Waals surface area contributed by atoms with Crippen molar-refractivity contribution in [2.45, 2.75) is 44.7 Å². The lowest BCUT2D eigenvalue weighted by Crippen LogP contribution is -2.63. The summed E-state index contributed by atoms with van der Waals surface area (Å²) in [6, 6.07) is 9.09. The number of carbonyl (C=O) groups excluding carboxylic acids is 2. The normalized spacial score (nSPS) is 26.4. The number of piperazine rings is 1. The number of benzene rings is 1. The summed E-state index contributed by atoms with van der Waals surface area (Å²) in [5.41, 5.74) is 1.08. The van der Waals surface area contributed by atoms with Crippen molar-refractivity contribution in [2.24, 2.45) is 5.92 Å². The van der Waals surface area contributed by atoms with Gasteiger partial charge in [-0.3, -0.25) is 9.59 Å². The Bertz CT molecular complexity index is 525. The summed E-state index contributed by atoms with van der Waals surface area (Å²) in [5.74, 6) is 0.618. The van der Waals surface area contributed by atoms with E-state index in [1.807, 2.05) is 37.3 Å². The van der Waals surface area contributed by atoms with Gasteiger partial charge in [-0.15, -0.1) is 0 Å². The summed E-state index contributed by atoms with van der Waals surface area (Å²) in [6.07, 6.45) is 4.18. The van der Waals surface area contributed by atoms with Gasteiger partial charge < -0.3 is 10.2 Å². The van der Waals surface area contributed by atoms with Crippen LogP contribution in [0.2, 0.25) is 0 Å². The molecule has 1 aromatic rings. The van der Waals surface area contributed by atoms with Crippen molar-refractivity contribution < 1.29 is 9.59 Å². The average Bonchev–Trinajstić information content (AvgIpc) is 2.44. The molecule has 0 radical (unpaired) electrons. The third-order valence-corrected chi connectivity index (χ3v) is 4.71. The molecule has 0 spiro atoms. The van der Waals surface area contributed by atoms with Gasteiger partial charge in [0, 0.05) is 13.0 Å². The standard InChI is InChI=1S/C17H22N2O2/c1-12-16(20)18-15(10-13-6-3-2-4-7-13)17(21)19(12)11-14-8-5-9-14/h2-4,6-7,12,14-15H,5,8-11H2,1H3,(H,18,20). The number of carbonyl (C=O) groups is 2. The summed E-state index contributed by atoms with van der Waals surface area (Å²) in [7, 11) is 0. The zero-order valence-corrected chi connectivity index (χ0v) is 12.4. The number of hydrogen-bond donors (Lipinski definition) is 1. The van der Waals surface area contributed by atoms with E-state index in [0.29, 0.717) is 12.3 Å². The van der Waals surface area contributed by atoms with E-state index in [1.54, 1.807) is 4.90 Å². The van der Waals surface area contributed by atoms with Gasteiger partial charge in [0.1, 0.15) is 12.1 Å². The van der Waals surface area contributed by atoms with Crippen molar-refractivity contribution in [1.82, 2.24) is 10.2 Å². The molecule has 4 nitrogen and oxygen atoms in total. The highest BCUT2D eigenvalue weighted by molar-refractivity contribution is 5.96. The molecular weight excluding hydrogens is 264 g/mol. The van der Waals surface area contributed by atoms with Crippen molar-refractivity contribution in [3.05, 3.63) is 35.9 Å². The van der Waals surface area contributed by atoms with Crippen molar-refractivity contribution in [1.29, 1.82) is 0 Å². The van der Waals surface area contributed by atoms with Crippen LogP contribution in [0.5, 0.6) is 0 Å². The smallest absolute Gasteiger partial charge is 0.246 e. The molecule has 2 amide bonds. The van der Waals surface area contributed by atoms with E-state index in [1.165, 1.54) is 19.3 Å². The van der Waals surface area contributed by atoms with Crippen LogP contribution in [0.15, 0.2) is 30.3 Å². The van der Waals surface area contributed by atoms with Crippen molar-refractivity contribution in [2.75, 3.05) is 6.54 Å². The third kappa shape index (κ3) is 2.94. The number of hydrogen-bond acceptors (Lipinski definition) is 2. The molecule has 1 saturated heterocycles. The Balaban J connectivity index is 1.72. The molecule has 1 aliphatic heterocycles. The second-order valence-electron chi connectivity index (χ2n) is 6.21. The van der Waals surface area contributed by atoms with Crippen molar-refractivity contribution in [3.8, 4) is 0 Å². The lowest BCUT2D eigenvalue weighted by Gasteiger charge is -2.41. The molecule has 1 aliphatic carbocycles. The first kappa shape index (κ1) is 14.1. The lowest BCUT2D eigenvalue weighted by molar-refractivity contribution is -0.149. The SMILES string of the molecule is CC1C(=O)NC(Cc2ccccc2)C(=O)N1CC1CCC1. The quantitative estimate of drug-likeness (QED) is 0.916.